The number of amides is 2. The zero-order chi connectivity index (χ0) is 22.9. The number of likely N-dealkylation sites (tertiary alicyclic amines) is 1. The van der Waals surface area contributed by atoms with Gasteiger partial charge in [0.15, 0.2) is 0 Å². The topological polar surface area (TPSA) is 49.4 Å². The third-order valence-corrected chi connectivity index (χ3v) is 8.24. The summed E-state index contributed by atoms with van der Waals surface area (Å²) in [5, 5.41) is 3.02. The molecule has 174 valence electrons. The summed E-state index contributed by atoms with van der Waals surface area (Å²) in [6.07, 6.45) is 10.1. The van der Waals surface area contributed by atoms with Crippen LogP contribution in [-0.2, 0) is 4.79 Å². The van der Waals surface area contributed by atoms with Crippen LogP contribution in [0, 0.1) is 17.8 Å². The Labute approximate surface area is 197 Å². The number of nitrogens with zero attached hydrogens (tertiary/aromatic N) is 1. The number of aryl methyl sites for hydroxylation is 1. The standard InChI is InChI=1S/C29H36N2O2/c1-22-10-8-13-24(18-22)25-14-9-17-31(25)27(33)29-19-28(20-29,21-29)15-6-3-7-16-30-26(32)23-11-4-2-5-12-23/h2,4-5,8,10-13,18,25H,3,6-7,9,14-17,19-21H2,1H3,(H,30,32). The summed E-state index contributed by atoms with van der Waals surface area (Å²) >= 11 is 0. The number of benzene rings is 2. The third-order valence-electron chi connectivity index (χ3n) is 8.24. The first kappa shape index (κ1) is 22.2. The van der Waals surface area contributed by atoms with Crippen molar-refractivity contribution in [3.05, 3.63) is 71.3 Å². The van der Waals surface area contributed by atoms with E-state index in [1.807, 2.05) is 30.3 Å². The maximum absolute atomic E-state index is 13.5. The quantitative estimate of drug-likeness (QED) is 0.496. The molecule has 3 aliphatic carbocycles. The molecular weight excluding hydrogens is 408 g/mol. The molecule has 1 atom stereocenters. The zero-order valence-electron chi connectivity index (χ0n) is 19.8. The lowest BCUT2D eigenvalue weighted by atomic mass is 9.33. The van der Waals surface area contributed by atoms with Crippen LogP contribution in [0.3, 0.4) is 0 Å². The van der Waals surface area contributed by atoms with E-state index in [0.717, 1.165) is 63.6 Å². The Kier molecular flexibility index (Phi) is 6.03. The number of carbonyl (C=O) groups is 2. The van der Waals surface area contributed by atoms with Crippen LogP contribution in [0.1, 0.15) is 85.3 Å². The zero-order valence-corrected chi connectivity index (χ0v) is 19.8. The van der Waals surface area contributed by atoms with Crippen molar-refractivity contribution < 1.29 is 9.59 Å². The Balaban J connectivity index is 1.03. The minimum Gasteiger partial charge on any atom is -0.352 e. The van der Waals surface area contributed by atoms with Crippen molar-refractivity contribution in [1.82, 2.24) is 10.2 Å². The van der Waals surface area contributed by atoms with Gasteiger partial charge in [0.05, 0.1) is 11.5 Å². The molecule has 1 unspecified atom stereocenters. The number of nitrogens with one attached hydrogen (secondary N) is 1. The van der Waals surface area contributed by atoms with Gasteiger partial charge in [-0.2, -0.15) is 0 Å². The normalized spacial score (nSPS) is 27.5. The molecule has 33 heavy (non-hydrogen) atoms. The van der Waals surface area contributed by atoms with E-state index in [2.05, 4.69) is 41.4 Å². The molecule has 0 spiro atoms. The summed E-state index contributed by atoms with van der Waals surface area (Å²) in [5.74, 6) is 0.443. The molecule has 2 aromatic carbocycles. The summed E-state index contributed by atoms with van der Waals surface area (Å²) in [6, 6.07) is 18.4. The Hall–Kier alpha value is -2.62. The second kappa shape index (κ2) is 8.96. The van der Waals surface area contributed by atoms with E-state index in [-0.39, 0.29) is 17.4 Å². The smallest absolute Gasteiger partial charge is 0.251 e. The van der Waals surface area contributed by atoms with Crippen molar-refractivity contribution in [3.8, 4) is 0 Å². The van der Waals surface area contributed by atoms with E-state index in [9.17, 15) is 9.59 Å². The number of hydrogen-bond donors (Lipinski definition) is 1. The van der Waals surface area contributed by atoms with Gasteiger partial charge < -0.3 is 10.2 Å². The average molecular weight is 445 g/mol. The van der Waals surface area contributed by atoms with Gasteiger partial charge in [-0.1, -0.05) is 60.9 Å². The van der Waals surface area contributed by atoms with Crippen molar-refractivity contribution >= 4 is 11.8 Å². The molecule has 2 bridgehead atoms. The molecule has 1 heterocycles. The Bertz CT molecular complexity index is 996. The molecule has 2 amide bonds. The van der Waals surface area contributed by atoms with E-state index in [0.29, 0.717) is 11.3 Å². The molecule has 2 aromatic rings. The molecule has 1 saturated heterocycles. The molecule has 0 aromatic heterocycles. The van der Waals surface area contributed by atoms with Gasteiger partial charge in [0.2, 0.25) is 5.91 Å². The second-order valence-electron chi connectivity index (χ2n) is 10.8. The molecule has 0 radical (unpaired) electrons. The molecule has 4 nitrogen and oxygen atoms in total. The fraction of sp³-hybridized carbons (Fsp3) is 0.517. The molecule has 3 saturated carbocycles. The van der Waals surface area contributed by atoms with Gasteiger partial charge in [-0.15, -0.1) is 0 Å². The SMILES string of the molecule is Cc1cccc(C2CCCN2C(=O)C23CC(CCCCCNC(=O)c4ccccc4)(C2)C3)c1. The first-order chi connectivity index (χ1) is 16.0. The van der Waals surface area contributed by atoms with Gasteiger partial charge in [-0.05, 0) is 75.0 Å². The molecular formula is C29H36N2O2. The molecule has 1 N–H and O–H groups in total. The fourth-order valence-corrected chi connectivity index (χ4v) is 6.72. The summed E-state index contributed by atoms with van der Waals surface area (Å²) in [5.41, 5.74) is 3.69. The van der Waals surface area contributed by atoms with Gasteiger partial charge in [0, 0.05) is 18.7 Å². The lowest BCUT2D eigenvalue weighted by Gasteiger charge is -2.70. The van der Waals surface area contributed by atoms with Crippen LogP contribution < -0.4 is 5.32 Å². The predicted molar refractivity (Wildman–Crippen MR) is 131 cm³/mol. The first-order valence-electron chi connectivity index (χ1n) is 12.7. The molecule has 1 aliphatic heterocycles. The Morgan fingerprint density at radius 3 is 2.55 bits per heavy atom. The van der Waals surface area contributed by atoms with Crippen LogP contribution >= 0.6 is 0 Å². The maximum atomic E-state index is 13.5. The third kappa shape index (κ3) is 4.32. The summed E-state index contributed by atoms with van der Waals surface area (Å²) < 4.78 is 0. The van der Waals surface area contributed by atoms with Crippen LogP contribution in [0.25, 0.3) is 0 Å². The lowest BCUT2D eigenvalue weighted by molar-refractivity contribution is -0.220. The highest BCUT2D eigenvalue weighted by molar-refractivity contribution is 5.94. The van der Waals surface area contributed by atoms with Crippen molar-refractivity contribution in [2.75, 3.05) is 13.1 Å². The second-order valence-corrected chi connectivity index (χ2v) is 10.8. The van der Waals surface area contributed by atoms with E-state index >= 15 is 0 Å². The maximum Gasteiger partial charge on any atom is 0.251 e. The van der Waals surface area contributed by atoms with Crippen LogP contribution in [0.2, 0.25) is 0 Å². The van der Waals surface area contributed by atoms with Gasteiger partial charge in [-0.25, -0.2) is 0 Å². The van der Waals surface area contributed by atoms with Crippen molar-refractivity contribution in [3.63, 3.8) is 0 Å². The van der Waals surface area contributed by atoms with Crippen molar-refractivity contribution in [1.29, 1.82) is 0 Å². The Morgan fingerprint density at radius 2 is 1.79 bits per heavy atom. The first-order valence-corrected chi connectivity index (χ1v) is 12.7. The van der Waals surface area contributed by atoms with Crippen LogP contribution in [0.5, 0.6) is 0 Å². The van der Waals surface area contributed by atoms with Crippen LogP contribution in [0.4, 0.5) is 0 Å². The molecule has 4 aliphatic rings. The summed E-state index contributed by atoms with van der Waals surface area (Å²) in [7, 11) is 0. The number of carbonyl (C=O) groups excluding carboxylic acids is 2. The van der Waals surface area contributed by atoms with E-state index in [1.165, 1.54) is 24.0 Å². The number of unbranched alkanes of at least 4 members (excludes halogenated alkanes) is 2. The highest BCUT2D eigenvalue weighted by Gasteiger charge is 2.71. The monoisotopic (exact) mass is 444 g/mol. The van der Waals surface area contributed by atoms with E-state index < -0.39 is 0 Å². The molecule has 4 fully saturated rings. The molecule has 4 heteroatoms. The fourth-order valence-electron chi connectivity index (χ4n) is 6.72. The van der Waals surface area contributed by atoms with Gasteiger partial charge in [-0.3, -0.25) is 9.59 Å². The highest BCUT2D eigenvalue weighted by Crippen LogP contribution is 2.76. The van der Waals surface area contributed by atoms with E-state index in [1.54, 1.807) is 0 Å². The highest BCUT2D eigenvalue weighted by atomic mass is 16.2. The molecule has 6 rings (SSSR count). The predicted octanol–water partition coefficient (Wildman–Crippen LogP) is 5.82. The van der Waals surface area contributed by atoms with Crippen molar-refractivity contribution in [2.24, 2.45) is 10.8 Å². The number of hydrogen-bond acceptors (Lipinski definition) is 2. The summed E-state index contributed by atoms with van der Waals surface area (Å²) in [6.45, 7) is 3.78. The van der Waals surface area contributed by atoms with Crippen LogP contribution in [-0.4, -0.2) is 29.8 Å². The lowest BCUT2D eigenvalue weighted by Crippen LogP contribution is -2.67. The van der Waals surface area contributed by atoms with Crippen molar-refractivity contribution in [2.45, 2.75) is 70.8 Å². The minimum atomic E-state index is -0.0456. The van der Waals surface area contributed by atoms with Gasteiger partial charge in [0.1, 0.15) is 0 Å². The largest absolute Gasteiger partial charge is 0.352 e. The van der Waals surface area contributed by atoms with Crippen LogP contribution in [0.15, 0.2) is 54.6 Å². The van der Waals surface area contributed by atoms with Gasteiger partial charge >= 0.3 is 0 Å². The number of rotatable bonds is 9. The van der Waals surface area contributed by atoms with E-state index in [4.69, 9.17) is 0 Å². The average Bonchev–Trinajstić information content (AvgIpc) is 3.26. The summed E-state index contributed by atoms with van der Waals surface area (Å²) in [4.78, 5) is 27.8. The van der Waals surface area contributed by atoms with Gasteiger partial charge in [0.25, 0.3) is 5.91 Å². The minimum absolute atomic E-state index is 0.0151. The Morgan fingerprint density at radius 1 is 1.00 bits per heavy atom.